The molecule has 170 valence electrons. The highest BCUT2D eigenvalue weighted by molar-refractivity contribution is 9.42. The molecule has 0 fully saturated rings. The molecule has 28 heteroatoms. The first-order valence-corrected chi connectivity index (χ1v) is 55.5. The first kappa shape index (κ1) is 40.0. The molecular weight excluding hydrogens is 867 g/mol. The van der Waals surface area contributed by atoms with Crippen LogP contribution in [0, 0.1) is 0 Å². The van der Waals surface area contributed by atoms with Crippen molar-refractivity contribution in [1.29, 1.82) is 0 Å². The van der Waals surface area contributed by atoms with Gasteiger partial charge in [-0.05, 0) is 69.9 Å². The van der Waals surface area contributed by atoms with E-state index in [4.69, 9.17) is 0 Å². The lowest BCUT2D eigenvalue weighted by Gasteiger charge is -2.56. The van der Waals surface area contributed by atoms with Gasteiger partial charge in [0.2, 0.25) is 0 Å². The van der Waals surface area contributed by atoms with Gasteiger partial charge >= 0.3 is 0 Å². The summed E-state index contributed by atoms with van der Waals surface area (Å²) in [5.74, 6) is 0. The Labute approximate surface area is 222 Å². The molecule has 0 bridgehead atoms. The third-order valence-electron chi connectivity index (χ3n) is 2.25. The van der Waals surface area contributed by atoms with Crippen LogP contribution in [-0.2, 0) is 0 Å². The molecule has 0 amide bonds. The first-order chi connectivity index (χ1) is 12.7. The van der Waals surface area contributed by atoms with Crippen molar-refractivity contribution >= 4 is 225 Å². The highest BCUT2D eigenvalue weighted by atomic mass is 33.5. The SMILES string of the molecule is [PH-]P([PH-])P(P)P(P(P([PH-])P)P(P)P)P(P(P(P)P)P(P)P)P(P(P)P)P(P)P. The Morgan fingerprint density at radius 3 is 0.821 bits per heavy atom. The van der Waals surface area contributed by atoms with Gasteiger partial charge in [-0.15, -0.1) is 107 Å². The van der Waals surface area contributed by atoms with Crippen molar-refractivity contribution in [2.24, 2.45) is 0 Å². The maximum absolute atomic E-state index is 4.18. The molecule has 28 heavy (non-hydrogen) atoms. The van der Waals surface area contributed by atoms with Gasteiger partial charge in [0.1, 0.15) is 0 Å². The van der Waals surface area contributed by atoms with Crippen LogP contribution in [0.5, 0.6) is 0 Å². The fourth-order valence-corrected chi connectivity index (χ4v) is 347. The highest BCUT2D eigenvalue weighted by Gasteiger charge is 2.46. The highest BCUT2D eigenvalue weighted by Crippen LogP contribution is 3.37. The van der Waals surface area contributed by atoms with E-state index in [0.717, 1.165) is 0 Å². The summed E-state index contributed by atoms with van der Waals surface area (Å²) in [7, 11) is 51.2. The summed E-state index contributed by atoms with van der Waals surface area (Å²) >= 11 is 0. The average molecular weight is 894 g/mol. The Morgan fingerprint density at radius 1 is 0.357 bits per heavy atom. The maximum atomic E-state index is 4.18. The lowest BCUT2D eigenvalue weighted by Crippen LogP contribution is -1.63. The Balaban J connectivity index is 6.81. The number of rotatable bonds is 12. The third kappa shape index (κ3) is 14.5. The molecule has 0 nitrogen and oxygen atoms in total. The van der Waals surface area contributed by atoms with E-state index >= 15 is 0 Å². The van der Waals surface area contributed by atoms with E-state index < -0.39 is 0 Å². The van der Waals surface area contributed by atoms with Crippen LogP contribution in [0.25, 0.3) is 0 Å². The monoisotopic (exact) mass is 894 g/mol. The van der Waals surface area contributed by atoms with E-state index in [1.807, 2.05) is 0 Å². The van der Waals surface area contributed by atoms with Gasteiger partial charge in [-0.1, -0.05) is 6.99 Å². The molecule has 0 spiro atoms. The van der Waals surface area contributed by atoms with Gasteiger partial charge in [0.05, 0.1) is 0 Å². The molecule has 16 atom stereocenters. The van der Waals surface area contributed by atoms with E-state index in [1.54, 1.807) is 0 Å². The second kappa shape index (κ2) is 21.7. The van der Waals surface area contributed by atoms with Crippen LogP contribution in [-0.4, -0.2) is 0 Å². The minimum Gasteiger partial charge on any atom is -0.553 e. The smallest absolute Gasteiger partial charge is 0.000662 e. The van der Waals surface area contributed by atoms with Crippen LogP contribution in [0.2, 0.25) is 0 Å². The lowest BCUT2D eigenvalue weighted by atomic mass is 28.5. The Bertz CT molecular complexity index is 354. The zero-order valence-electron chi connectivity index (χ0n) is 14.2. The molecule has 0 radical (unpaired) electrons. The van der Waals surface area contributed by atoms with Crippen LogP contribution in [0.1, 0.15) is 0 Å². The molecule has 0 aliphatic rings. The normalized spacial score (nSPS) is 18.0. The van der Waals surface area contributed by atoms with Crippen molar-refractivity contribution in [2.45, 2.75) is 0 Å². The average Bonchev–Trinajstić information content (AvgIpc) is 2.48. The molecule has 0 rings (SSSR count). The molecule has 0 aromatic carbocycles. The molecule has 0 N–H and O–H groups in total. The molecule has 0 aliphatic carbocycles. The van der Waals surface area contributed by atoms with Gasteiger partial charge in [-0.25, -0.2) is 6.99 Å². The topological polar surface area (TPSA) is 0 Å². The third-order valence-corrected chi connectivity index (χ3v) is 183. The molecule has 16 unspecified atom stereocenters. The minimum absolute atomic E-state index is 0.0102. The molecule has 0 aromatic heterocycles. The van der Waals surface area contributed by atoms with Gasteiger partial charge < -0.3 is 33.8 Å². The van der Waals surface area contributed by atoms with Crippen LogP contribution in [0.15, 0.2) is 0 Å². The summed E-state index contributed by atoms with van der Waals surface area (Å²) < 4.78 is 0. The van der Waals surface area contributed by atoms with Crippen LogP contribution >= 0.6 is 225 Å². The molecule has 0 aliphatic heterocycles. The zero-order chi connectivity index (χ0) is 22.5. The van der Waals surface area contributed by atoms with Crippen LogP contribution in [0.3, 0.4) is 0 Å². The van der Waals surface area contributed by atoms with Gasteiger partial charge in [-0.2, -0.15) is 0 Å². The fourth-order valence-electron chi connectivity index (χ4n) is 1.43. The number of hydrogen-bond donors (Lipinski definition) is 0. The summed E-state index contributed by atoms with van der Waals surface area (Å²) in [4.78, 5) is 0. The Morgan fingerprint density at radius 2 is 0.643 bits per heavy atom. The standard InChI is InChI=1S/H27P28/c1-16(2)23(15)27(24(17(3)4)18(5)6)28(25(19(7)8)20(9)10)26(21(11)12)22(13)14/h1-3H,4-15H2/q-3. The summed E-state index contributed by atoms with van der Waals surface area (Å²) in [5.41, 5.74) is 0. The van der Waals surface area contributed by atoms with Crippen molar-refractivity contribution in [1.82, 2.24) is 0 Å². The molecule has 0 heterocycles. The quantitative estimate of drug-likeness (QED) is 0.171. The Hall–Kier alpha value is 12.0. The van der Waals surface area contributed by atoms with E-state index in [-0.39, 0.29) is 90.8 Å². The van der Waals surface area contributed by atoms with Crippen molar-refractivity contribution in [3.8, 4) is 0 Å². The van der Waals surface area contributed by atoms with Crippen molar-refractivity contribution in [3.63, 3.8) is 0 Å². The van der Waals surface area contributed by atoms with Crippen LogP contribution in [0.4, 0.5) is 0 Å². The minimum atomic E-state index is -0.276. The van der Waals surface area contributed by atoms with Crippen molar-refractivity contribution in [3.05, 3.63) is 0 Å². The summed E-state index contributed by atoms with van der Waals surface area (Å²) in [6.07, 6.45) is 0. The van der Waals surface area contributed by atoms with E-state index in [9.17, 15) is 0 Å². The second-order valence-corrected chi connectivity index (χ2v) is 114. The number of hydrogen-bond acceptors (Lipinski definition) is 0. The van der Waals surface area contributed by atoms with Gasteiger partial charge in [0.15, 0.2) is 0 Å². The van der Waals surface area contributed by atoms with Gasteiger partial charge in [-0.3, -0.25) is 0 Å². The molecular formula is H27P28-3. The maximum Gasteiger partial charge on any atom is -0.000662 e. The summed E-state index contributed by atoms with van der Waals surface area (Å²) in [6.45, 7) is -0.950. The predicted octanol–water partition coefficient (Wildman–Crippen LogP) is 16.9. The first-order valence-electron chi connectivity index (χ1n) is 6.17. The van der Waals surface area contributed by atoms with Gasteiger partial charge in [0, 0.05) is 0 Å². The second-order valence-electron chi connectivity index (χ2n) is 4.22. The Kier molecular flexibility index (Phi) is 31.0. The van der Waals surface area contributed by atoms with E-state index in [2.05, 4.69) is 134 Å². The lowest BCUT2D eigenvalue weighted by molar-refractivity contribution is 4.43. The molecule has 0 saturated heterocycles. The largest absolute Gasteiger partial charge is 0.553 e. The van der Waals surface area contributed by atoms with Crippen molar-refractivity contribution in [2.75, 3.05) is 0 Å². The zero-order valence-corrected chi connectivity index (χ0v) is 42.7. The predicted molar refractivity (Wildman–Crippen MR) is 231 cm³/mol. The molecule has 0 aromatic rings. The summed E-state index contributed by atoms with van der Waals surface area (Å²) in [5, 5.41) is 0. The van der Waals surface area contributed by atoms with E-state index in [1.165, 1.54) is 0 Å². The van der Waals surface area contributed by atoms with Crippen LogP contribution < -0.4 is 0 Å². The molecule has 0 saturated carbocycles. The van der Waals surface area contributed by atoms with Crippen molar-refractivity contribution < 1.29 is 0 Å². The van der Waals surface area contributed by atoms with Gasteiger partial charge in [0.25, 0.3) is 0 Å². The fraction of sp³-hybridized carbons (Fsp3) is 0. The summed E-state index contributed by atoms with van der Waals surface area (Å²) in [6, 6.07) is 0. The van der Waals surface area contributed by atoms with E-state index in [0.29, 0.717) is 0 Å².